The number of aromatic nitrogens is 5. The molecule has 0 bridgehead atoms. The fourth-order valence-electron chi connectivity index (χ4n) is 12.2. The van der Waals surface area contributed by atoms with Gasteiger partial charge in [0.05, 0.1) is 37.2 Å². The summed E-state index contributed by atoms with van der Waals surface area (Å²) in [5.41, 5.74) is 4.17. The number of para-hydroxylation sites is 1. The van der Waals surface area contributed by atoms with Crippen molar-refractivity contribution in [3.63, 3.8) is 0 Å². The van der Waals surface area contributed by atoms with Gasteiger partial charge in [-0.05, 0) is 111 Å². The van der Waals surface area contributed by atoms with Crippen molar-refractivity contribution in [1.82, 2.24) is 45.6 Å². The topological polar surface area (TPSA) is 214 Å². The van der Waals surface area contributed by atoms with Crippen LogP contribution in [-0.2, 0) is 20.9 Å². The second kappa shape index (κ2) is 20.1. The number of aliphatic hydroxyl groups is 1. The molecule has 7 heterocycles. The number of aromatic hydroxyl groups is 1. The molecule has 4 aromatic rings. The normalized spacial score (nSPS) is 25.8. The molecule has 1 spiro atoms. The SMILES string of the molecule is C#Cc1cnc(CNC(=O)[C@@H]2C[C@@H](O)CN2C(=O)[C@@H](NC(=O)[C@H]2CCC3(CC2)C[C@H](N2CCC(c4cnc(N5CCN6c7cc(-c8ccccc8O)nnc7NC[C@H]6C5)nc4)CC2)C3)C(C)(C)C)c(OC)c1. The summed E-state index contributed by atoms with van der Waals surface area (Å²) in [6, 6.07) is 9.89. The third kappa shape index (κ3) is 9.97. The number of ether oxygens (including phenoxy) is 1. The van der Waals surface area contributed by atoms with Crippen LogP contribution in [0.2, 0.25) is 0 Å². The summed E-state index contributed by atoms with van der Waals surface area (Å²) in [7, 11) is 1.50. The number of piperidine rings is 1. The summed E-state index contributed by atoms with van der Waals surface area (Å²) in [6.07, 6.45) is 18.4. The van der Waals surface area contributed by atoms with Gasteiger partial charge in [0, 0.05) is 80.8 Å². The van der Waals surface area contributed by atoms with E-state index in [1.54, 1.807) is 18.2 Å². The largest absolute Gasteiger partial charge is 0.507 e. The number of piperazine rings is 1. The molecule has 3 aromatic heterocycles. The third-order valence-corrected chi connectivity index (χ3v) is 16.5. The summed E-state index contributed by atoms with van der Waals surface area (Å²) in [6.45, 7) is 11.0. The highest BCUT2D eigenvalue weighted by atomic mass is 16.5. The van der Waals surface area contributed by atoms with E-state index in [0.29, 0.717) is 40.2 Å². The van der Waals surface area contributed by atoms with Crippen molar-refractivity contribution in [3.05, 3.63) is 71.8 Å². The highest BCUT2D eigenvalue weighted by molar-refractivity contribution is 5.93. The first kappa shape index (κ1) is 49.0. The van der Waals surface area contributed by atoms with Crippen LogP contribution in [0.25, 0.3) is 11.3 Å². The number of phenolic OH excluding ortho intramolecular Hbond substituents is 1. The molecule has 4 aliphatic heterocycles. The van der Waals surface area contributed by atoms with Crippen molar-refractivity contribution >= 4 is 35.2 Å². The van der Waals surface area contributed by atoms with E-state index >= 15 is 0 Å². The van der Waals surface area contributed by atoms with Crippen molar-refractivity contribution in [2.24, 2.45) is 16.7 Å². The van der Waals surface area contributed by atoms with Gasteiger partial charge < -0.3 is 50.5 Å². The Hall–Kier alpha value is -6.58. The van der Waals surface area contributed by atoms with Crippen LogP contribution in [-0.4, -0.2) is 146 Å². The average molecular weight is 981 g/mol. The third-order valence-electron chi connectivity index (χ3n) is 16.5. The Balaban J connectivity index is 0.669. The maximum Gasteiger partial charge on any atom is 0.246 e. The van der Waals surface area contributed by atoms with Gasteiger partial charge in [-0.15, -0.1) is 16.6 Å². The summed E-state index contributed by atoms with van der Waals surface area (Å²) in [5.74, 6) is 4.01. The zero-order chi connectivity index (χ0) is 50.3. The van der Waals surface area contributed by atoms with Crippen molar-refractivity contribution in [3.8, 4) is 35.1 Å². The predicted octanol–water partition coefficient (Wildman–Crippen LogP) is 4.47. The summed E-state index contributed by atoms with van der Waals surface area (Å²) >= 11 is 0. The molecule has 4 atom stereocenters. The lowest BCUT2D eigenvalue weighted by molar-refractivity contribution is -0.145. The number of hydrogen-bond donors (Lipinski definition) is 5. The van der Waals surface area contributed by atoms with Gasteiger partial charge in [-0.2, -0.15) is 0 Å². The zero-order valence-electron chi connectivity index (χ0n) is 41.9. The molecule has 10 rings (SSSR count). The molecule has 72 heavy (non-hydrogen) atoms. The van der Waals surface area contributed by atoms with E-state index in [0.717, 1.165) is 108 Å². The molecule has 0 radical (unpaired) electrons. The molecule has 5 N–H and O–H groups in total. The number of methoxy groups -OCH3 is 1. The van der Waals surface area contributed by atoms with E-state index in [-0.39, 0.29) is 54.4 Å². The lowest BCUT2D eigenvalue weighted by Gasteiger charge is -2.55. The Labute approximate surface area is 421 Å². The van der Waals surface area contributed by atoms with Crippen LogP contribution in [0.4, 0.5) is 17.5 Å². The number of carbonyl (C=O) groups excluding carboxylic acids is 3. The Morgan fingerprint density at radius 2 is 1.69 bits per heavy atom. The number of likely N-dealkylation sites (tertiary alicyclic amines) is 2. The number of fused-ring (bicyclic) bond motifs is 3. The van der Waals surface area contributed by atoms with E-state index in [9.17, 15) is 24.6 Å². The molecule has 2 aliphatic carbocycles. The summed E-state index contributed by atoms with van der Waals surface area (Å²) in [5, 5.41) is 39.4. The van der Waals surface area contributed by atoms with Crippen molar-refractivity contribution < 1.29 is 29.3 Å². The number of phenols is 1. The molecule has 0 unspecified atom stereocenters. The van der Waals surface area contributed by atoms with E-state index in [1.165, 1.54) is 23.8 Å². The second-order valence-electron chi connectivity index (χ2n) is 22.1. The Morgan fingerprint density at radius 3 is 2.40 bits per heavy atom. The molecule has 380 valence electrons. The fraction of sp³-hybridized carbons (Fsp3) is 0.556. The molecule has 1 aromatic carbocycles. The molecule has 18 nitrogen and oxygen atoms in total. The highest BCUT2D eigenvalue weighted by Crippen LogP contribution is 2.55. The Morgan fingerprint density at radius 1 is 0.944 bits per heavy atom. The minimum absolute atomic E-state index is 0.00159. The lowest BCUT2D eigenvalue weighted by atomic mass is 9.56. The molecule has 6 aliphatic rings. The van der Waals surface area contributed by atoms with Crippen LogP contribution < -0.4 is 30.5 Å². The van der Waals surface area contributed by atoms with Gasteiger partial charge in [-0.25, -0.2) is 9.97 Å². The lowest BCUT2D eigenvalue weighted by Crippen LogP contribution is -2.59. The number of aliphatic hydroxyl groups excluding tert-OH is 1. The number of amides is 3. The number of benzene rings is 1. The standard InChI is InChI=1S/C54H68N12O6/c1-6-33-21-46(72-5)42(55-26-33)30-57-50(70)44-22-39(67)32-66(44)51(71)47(53(2,3)4)60-49(69)35-11-15-54(16-12-35)24-37(25-54)63-17-13-34(14-18-63)36-27-58-52(59-28-36)64-19-20-65-38(31-64)29-56-48-43(65)23-41(61-62-48)40-9-7-8-10-45(40)68/h1,7-10,21,23,26-28,34-35,37-39,44,47,67-68H,11-20,22,24-25,29-32H2,2-5H3,(H,56,62)(H,57,70)(H,60,69)/t35-,37-,38-,39+,44-,47+,54?/m0/s1. The first-order chi connectivity index (χ1) is 34.7. The number of anilines is 3. The number of nitrogens with zero attached hydrogens (tertiary/aromatic N) is 9. The van der Waals surface area contributed by atoms with Crippen molar-refractivity contribution in [1.29, 1.82) is 0 Å². The van der Waals surface area contributed by atoms with Crippen LogP contribution in [0.5, 0.6) is 11.5 Å². The van der Waals surface area contributed by atoms with Gasteiger partial charge in [-0.1, -0.05) is 38.8 Å². The van der Waals surface area contributed by atoms with Gasteiger partial charge >= 0.3 is 0 Å². The summed E-state index contributed by atoms with van der Waals surface area (Å²) in [4.78, 5) is 64.7. The smallest absolute Gasteiger partial charge is 0.246 e. The number of terminal acetylenes is 1. The van der Waals surface area contributed by atoms with E-state index in [1.807, 2.05) is 51.4 Å². The molecular formula is C54H68N12O6. The van der Waals surface area contributed by atoms with Crippen LogP contribution in [0, 0.1) is 29.1 Å². The number of carbonyl (C=O) groups is 3. The zero-order valence-corrected chi connectivity index (χ0v) is 41.9. The van der Waals surface area contributed by atoms with E-state index in [2.05, 4.69) is 51.8 Å². The fourth-order valence-corrected chi connectivity index (χ4v) is 12.2. The molecule has 18 heteroatoms. The molecule has 5 fully saturated rings. The van der Waals surface area contributed by atoms with Crippen LogP contribution in [0.3, 0.4) is 0 Å². The molecular weight excluding hydrogens is 913 g/mol. The van der Waals surface area contributed by atoms with Gasteiger partial charge in [0.2, 0.25) is 23.7 Å². The minimum atomic E-state index is -0.906. The van der Waals surface area contributed by atoms with Crippen LogP contribution in [0.1, 0.15) is 101 Å². The van der Waals surface area contributed by atoms with Crippen LogP contribution in [0.15, 0.2) is 55.0 Å². The van der Waals surface area contributed by atoms with Gasteiger partial charge in [-0.3, -0.25) is 19.4 Å². The highest BCUT2D eigenvalue weighted by Gasteiger charge is 2.50. The number of hydrogen-bond acceptors (Lipinski definition) is 15. The average Bonchev–Trinajstić information content (AvgIpc) is 3.79. The number of nitrogens with one attached hydrogen (secondary N) is 3. The summed E-state index contributed by atoms with van der Waals surface area (Å²) < 4.78 is 5.42. The first-order valence-electron chi connectivity index (χ1n) is 25.7. The maximum absolute atomic E-state index is 14.3. The number of rotatable bonds is 11. The van der Waals surface area contributed by atoms with E-state index < -0.39 is 29.5 Å². The van der Waals surface area contributed by atoms with Gasteiger partial charge in [0.1, 0.15) is 29.3 Å². The maximum atomic E-state index is 14.3. The quantitative estimate of drug-likeness (QED) is 0.131. The minimum Gasteiger partial charge on any atom is -0.507 e. The Bertz CT molecular complexity index is 2680. The monoisotopic (exact) mass is 981 g/mol. The van der Waals surface area contributed by atoms with E-state index in [4.69, 9.17) is 21.1 Å². The van der Waals surface area contributed by atoms with Crippen molar-refractivity contribution in [2.75, 3.05) is 68.0 Å². The molecule has 3 saturated heterocycles. The molecule has 3 amide bonds. The molecule has 2 saturated carbocycles. The predicted molar refractivity (Wildman–Crippen MR) is 272 cm³/mol. The second-order valence-corrected chi connectivity index (χ2v) is 22.1. The first-order valence-corrected chi connectivity index (χ1v) is 25.7. The van der Waals surface area contributed by atoms with Gasteiger partial charge in [0.15, 0.2) is 5.82 Å². The number of β-amino-alcohol motifs (C(OH)–C–C–N with tert-alkyl or cyclic N) is 1. The van der Waals surface area contributed by atoms with Crippen LogP contribution >= 0.6 is 0 Å². The number of pyridine rings is 1. The Kier molecular flexibility index (Phi) is 13.7. The van der Waals surface area contributed by atoms with Crippen molar-refractivity contribution in [2.45, 2.75) is 121 Å². The van der Waals surface area contributed by atoms with Gasteiger partial charge in [0.25, 0.3) is 0 Å².